The molecule has 0 atom stereocenters. The lowest BCUT2D eigenvalue weighted by atomic mass is 10.2. The highest BCUT2D eigenvalue weighted by molar-refractivity contribution is 7.99. The number of anilines is 1. The van der Waals surface area contributed by atoms with Crippen molar-refractivity contribution < 1.29 is 14.0 Å². The molecule has 2 aromatic carbocycles. The average Bonchev–Trinajstić information content (AvgIpc) is 3.10. The first-order valence-electron chi connectivity index (χ1n) is 8.24. The van der Waals surface area contributed by atoms with E-state index in [0.717, 1.165) is 4.90 Å². The van der Waals surface area contributed by atoms with Gasteiger partial charge in [0, 0.05) is 28.1 Å². The quantitative estimate of drug-likeness (QED) is 0.448. The molecule has 1 aromatic heterocycles. The number of furan rings is 1. The van der Waals surface area contributed by atoms with Crippen molar-refractivity contribution in [3.8, 4) is 0 Å². The van der Waals surface area contributed by atoms with E-state index in [2.05, 4.69) is 15.8 Å². The predicted octanol–water partition coefficient (Wildman–Crippen LogP) is 4.81. The second kappa shape index (κ2) is 9.25. The first kappa shape index (κ1) is 19.7. The number of carbonyl (C=O) groups is 2. The molecular formula is C20H16ClN3O3S. The molecule has 0 aliphatic carbocycles. The van der Waals surface area contributed by atoms with E-state index in [0.29, 0.717) is 27.1 Å². The van der Waals surface area contributed by atoms with E-state index < -0.39 is 5.91 Å². The average molecular weight is 414 g/mol. The maximum absolute atomic E-state index is 12.2. The summed E-state index contributed by atoms with van der Waals surface area (Å²) in [5.74, 6) is -0.102. The van der Waals surface area contributed by atoms with Gasteiger partial charge in [-0.25, -0.2) is 5.43 Å². The first-order valence-corrected chi connectivity index (χ1v) is 9.43. The van der Waals surface area contributed by atoms with Gasteiger partial charge in [0.2, 0.25) is 5.91 Å². The fourth-order valence-electron chi connectivity index (χ4n) is 2.24. The van der Waals surface area contributed by atoms with Gasteiger partial charge in [-0.3, -0.25) is 9.59 Å². The second-order valence-corrected chi connectivity index (χ2v) is 7.19. The number of rotatable bonds is 6. The Labute approximate surface area is 171 Å². The van der Waals surface area contributed by atoms with Gasteiger partial charge in [0.25, 0.3) is 5.91 Å². The zero-order chi connectivity index (χ0) is 19.9. The van der Waals surface area contributed by atoms with E-state index in [1.165, 1.54) is 24.9 Å². The first-order chi connectivity index (χ1) is 13.5. The molecule has 3 rings (SSSR count). The van der Waals surface area contributed by atoms with Gasteiger partial charge in [0.05, 0.1) is 6.21 Å². The highest BCUT2D eigenvalue weighted by atomic mass is 35.5. The summed E-state index contributed by atoms with van der Waals surface area (Å²) in [7, 11) is 0. The monoisotopic (exact) mass is 413 g/mol. The van der Waals surface area contributed by atoms with Gasteiger partial charge in [-0.2, -0.15) is 5.10 Å². The largest absolute Gasteiger partial charge is 0.448 e. The number of benzene rings is 2. The zero-order valence-corrected chi connectivity index (χ0v) is 16.4. The highest BCUT2D eigenvalue weighted by Gasteiger charge is 2.06. The van der Waals surface area contributed by atoms with Crippen molar-refractivity contribution in [1.29, 1.82) is 0 Å². The summed E-state index contributed by atoms with van der Waals surface area (Å²) < 4.78 is 5.65. The summed E-state index contributed by atoms with van der Waals surface area (Å²) >= 11 is 7.32. The van der Waals surface area contributed by atoms with Gasteiger partial charge in [-0.1, -0.05) is 29.4 Å². The lowest BCUT2D eigenvalue weighted by Crippen LogP contribution is -2.18. The maximum atomic E-state index is 12.2. The molecule has 0 fully saturated rings. The van der Waals surface area contributed by atoms with Gasteiger partial charge >= 0.3 is 0 Å². The van der Waals surface area contributed by atoms with E-state index in [9.17, 15) is 9.59 Å². The van der Waals surface area contributed by atoms with Crippen molar-refractivity contribution in [1.82, 2.24) is 5.43 Å². The minimum atomic E-state index is -0.397. The molecule has 0 bridgehead atoms. The van der Waals surface area contributed by atoms with Crippen molar-refractivity contribution in [3.63, 3.8) is 0 Å². The van der Waals surface area contributed by atoms with Crippen LogP contribution in [0.2, 0.25) is 5.02 Å². The van der Waals surface area contributed by atoms with Crippen molar-refractivity contribution >= 4 is 47.1 Å². The minimum absolute atomic E-state index is 0.208. The van der Waals surface area contributed by atoms with Gasteiger partial charge < -0.3 is 9.73 Å². The Balaban J connectivity index is 1.57. The number of hydrogen-bond donors (Lipinski definition) is 2. The maximum Gasteiger partial charge on any atom is 0.271 e. The summed E-state index contributed by atoms with van der Waals surface area (Å²) in [6.07, 6.45) is 1.42. The van der Waals surface area contributed by atoms with E-state index >= 15 is 0 Å². The number of hydrazone groups is 1. The normalized spacial score (nSPS) is 10.8. The smallest absolute Gasteiger partial charge is 0.271 e. The van der Waals surface area contributed by atoms with E-state index in [4.69, 9.17) is 16.0 Å². The molecule has 1 heterocycles. The molecular weight excluding hydrogens is 398 g/mol. The third-order valence-electron chi connectivity index (χ3n) is 3.44. The number of halogens is 1. The molecule has 0 saturated heterocycles. The lowest BCUT2D eigenvalue weighted by Gasteiger charge is -2.04. The van der Waals surface area contributed by atoms with E-state index in [1.807, 2.05) is 30.3 Å². The van der Waals surface area contributed by atoms with Crippen LogP contribution in [0.15, 0.2) is 80.2 Å². The molecule has 8 heteroatoms. The van der Waals surface area contributed by atoms with Crippen LogP contribution in [0.1, 0.15) is 23.0 Å². The summed E-state index contributed by atoms with van der Waals surface area (Å²) in [4.78, 5) is 24.3. The van der Waals surface area contributed by atoms with Crippen LogP contribution in [0.4, 0.5) is 5.69 Å². The molecule has 2 N–H and O–H groups in total. The number of carbonyl (C=O) groups excluding carboxylic acids is 2. The Kier molecular flexibility index (Phi) is 6.52. The Morgan fingerprint density at radius 2 is 1.89 bits per heavy atom. The Hall–Kier alpha value is -3.03. The second-order valence-electron chi connectivity index (χ2n) is 5.67. The van der Waals surface area contributed by atoms with E-state index in [1.54, 1.807) is 30.3 Å². The topological polar surface area (TPSA) is 83.7 Å². The molecule has 0 saturated carbocycles. The van der Waals surface area contributed by atoms with Crippen LogP contribution < -0.4 is 10.7 Å². The van der Waals surface area contributed by atoms with Crippen LogP contribution in [0.5, 0.6) is 0 Å². The van der Waals surface area contributed by atoms with Gasteiger partial charge in [0.1, 0.15) is 5.76 Å². The van der Waals surface area contributed by atoms with Crippen molar-refractivity contribution in [3.05, 3.63) is 77.0 Å². The molecule has 0 aliphatic rings. The summed E-state index contributed by atoms with van der Waals surface area (Å²) in [5.41, 5.74) is 3.35. The Bertz CT molecular complexity index is 1020. The minimum Gasteiger partial charge on any atom is -0.448 e. The fraction of sp³-hybridized carbons (Fsp3) is 0.0500. The van der Waals surface area contributed by atoms with Crippen molar-refractivity contribution in [2.75, 3.05) is 5.32 Å². The number of nitrogens with zero attached hydrogens (tertiary/aromatic N) is 1. The van der Waals surface area contributed by atoms with E-state index in [-0.39, 0.29) is 5.91 Å². The third-order valence-corrected chi connectivity index (χ3v) is 4.62. The molecule has 28 heavy (non-hydrogen) atoms. The molecule has 0 spiro atoms. The SMILES string of the molecule is CC(=O)Nc1cccc(C(=O)N/N=C\c2ccc(Sc3ccc(Cl)cc3)o2)c1. The zero-order valence-electron chi connectivity index (χ0n) is 14.8. The van der Waals surface area contributed by atoms with Crippen LogP contribution in [0.3, 0.4) is 0 Å². The summed E-state index contributed by atoms with van der Waals surface area (Å²) in [6.45, 7) is 1.40. The number of hydrogen-bond acceptors (Lipinski definition) is 5. The standard InChI is InChI=1S/C20H16ClN3O3S/c1-13(25)23-16-4-2-3-14(11-16)20(26)24-22-12-17-7-10-19(27-17)28-18-8-5-15(21)6-9-18/h2-12H,1H3,(H,23,25)(H,24,26)/b22-12-. The van der Waals surface area contributed by atoms with Crippen molar-refractivity contribution in [2.24, 2.45) is 5.10 Å². The van der Waals surface area contributed by atoms with Gasteiger partial charge in [-0.15, -0.1) is 0 Å². The van der Waals surface area contributed by atoms with Crippen LogP contribution in [-0.4, -0.2) is 18.0 Å². The Morgan fingerprint density at radius 1 is 1.11 bits per heavy atom. The van der Waals surface area contributed by atoms with Crippen LogP contribution in [0, 0.1) is 0 Å². The summed E-state index contributed by atoms with van der Waals surface area (Å²) in [5, 5.41) is 7.90. The van der Waals surface area contributed by atoms with Crippen LogP contribution >= 0.6 is 23.4 Å². The summed E-state index contributed by atoms with van der Waals surface area (Å²) in [6, 6.07) is 17.6. The Morgan fingerprint density at radius 3 is 2.64 bits per heavy atom. The van der Waals surface area contributed by atoms with Crippen LogP contribution in [0.25, 0.3) is 0 Å². The molecule has 2 amide bonds. The fourth-order valence-corrected chi connectivity index (χ4v) is 3.14. The molecule has 0 unspecified atom stereocenters. The van der Waals surface area contributed by atoms with Gasteiger partial charge in [0.15, 0.2) is 5.09 Å². The molecule has 6 nitrogen and oxygen atoms in total. The molecule has 0 radical (unpaired) electrons. The number of nitrogens with one attached hydrogen (secondary N) is 2. The lowest BCUT2D eigenvalue weighted by molar-refractivity contribution is -0.114. The van der Waals surface area contributed by atoms with Crippen molar-refractivity contribution in [2.45, 2.75) is 16.9 Å². The number of amides is 2. The van der Waals surface area contributed by atoms with Gasteiger partial charge in [-0.05, 0) is 54.6 Å². The molecule has 142 valence electrons. The molecule has 0 aliphatic heterocycles. The predicted molar refractivity (Wildman–Crippen MR) is 110 cm³/mol. The highest BCUT2D eigenvalue weighted by Crippen LogP contribution is 2.29. The molecule has 3 aromatic rings. The van der Waals surface area contributed by atoms with Crippen LogP contribution in [-0.2, 0) is 4.79 Å². The third kappa shape index (κ3) is 5.73.